The molecule has 2 aromatic carbocycles. The number of allylic oxidation sites excluding steroid dienone is 1. The molecule has 0 saturated heterocycles. The third kappa shape index (κ3) is 2.46. The molecule has 1 aromatic heterocycles. The van der Waals surface area contributed by atoms with Crippen molar-refractivity contribution in [3.05, 3.63) is 65.9 Å². The Morgan fingerprint density at radius 1 is 0.955 bits per heavy atom. The molecule has 0 spiro atoms. The van der Waals surface area contributed by atoms with Crippen molar-refractivity contribution in [1.82, 2.24) is 4.98 Å². The van der Waals surface area contributed by atoms with Crippen LogP contribution < -0.4 is 9.47 Å². The molecule has 0 saturated carbocycles. The van der Waals surface area contributed by atoms with Crippen LogP contribution in [0, 0.1) is 0 Å². The van der Waals surface area contributed by atoms with Crippen LogP contribution in [0.15, 0.2) is 54.6 Å². The molecular weight excluding hydrogens is 274 g/mol. The monoisotopic (exact) mass is 293 g/mol. The van der Waals surface area contributed by atoms with Crippen molar-refractivity contribution < 1.29 is 9.47 Å². The van der Waals surface area contributed by atoms with Crippen LogP contribution in [-0.2, 0) is 0 Å². The first kappa shape index (κ1) is 14.3. The van der Waals surface area contributed by atoms with Crippen LogP contribution in [-0.4, -0.2) is 19.2 Å². The van der Waals surface area contributed by atoms with Gasteiger partial charge in [0.05, 0.1) is 14.2 Å². The Hall–Kier alpha value is -2.68. The van der Waals surface area contributed by atoms with Gasteiger partial charge in [0.25, 0.3) is 0 Å². The van der Waals surface area contributed by atoms with Gasteiger partial charge in [-0.05, 0) is 36.8 Å². The van der Waals surface area contributed by atoms with Gasteiger partial charge >= 0.3 is 0 Å². The van der Waals surface area contributed by atoms with Crippen molar-refractivity contribution in [2.75, 3.05) is 14.2 Å². The molecule has 0 aliphatic carbocycles. The summed E-state index contributed by atoms with van der Waals surface area (Å²) in [6.07, 6.45) is 2.10. The number of hydrogen-bond acceptors (Lipinski definition) is 2. The number of para-hydroxylation sites is 1. The van der Waals surface area contributed by atoms with Crippen LogP contribution in [0.2, 0.25) is 0 Å². The fraction of sp³-hybridized carbons (Fsp3) is 0.158. The van der Waals surface area contributed by atoms with E-state index in [-0.39, 0.29) is 0 Å². The summed E-state index contributed by atoms with van der Waals surface area (Å²) in [5.41, 5.74) is 4.46. The van der Waals surface area contributed by atoms with Gasteiger partial charge in [-0.1, -0.05) is 30.3 Å². The molecule has 1 heterocycles. The van der Waals surface area contributed by atoms with Crippen LogP contribution in [0.1, 0.15) is 18.2 Å². The molecule has 0 aliphatic rings. The Balaban J connectivity index is 2.08. The normalized spacial score (nSPS) is 11.7. The molecule has 112 valence electrons. The average Bonchev–Trinajstić information content (AvgIpc) is 2.98. The molecule has 0 fully saturated rings. The standard InChI is InChI=1S/C19H19NO2/c1-4-15(13-9-10-18(21-2)19(12-13)22-3)17-11-14-7-5-6-8-16(14)20-17/h4-12,20H,1-3H3/b15-4+. The average molecular weight is 293 g/mol. The Kier molecular flexibility index (Phi) is 3.88. The summed E-state index contributed by atoms with van der Waals surface area (Å²) in [6, 6.07) is 16.4. The molecular formula is C19H19NO2. The number of ether oxygens (including phenoxy) is 2. The van der Waals surface area contributed by atoms with Crippen LogP contribution in [0.3, 0.4) is 0 Å². The second-order valence-electron chi connectivity index (χ2n) is 5.04. The summed E-state index contributed by atoms with van der Waals surface area (Å²) < 4.78 is 10.7. The Labute approximate surface area is 130 Å². The molecule has 0 bridgehead atoms. The zero-order valence-corrected chi connectivity index (χ0v) is 13.0. The summed E-state index contributed by atoms with van der Waals surface area (Å²) in [5, 5.41) is 1.21. The lowest BCUT2D eigenvalue weighted by atomic mass is 10.0. The van der Waals surface area contributed by atoms with E-state index in [4.69, 9.17) is 9.47 Å². The third-order valence-electron chi connectivity index (χ3n) is 3.80. The Morgan fingerprint density at radius 3 is 2.41 bits per heavy atom. The number of aromatic nitrogens is 1. The SMILES string of the molecule is C/C=C(\c1ccc(OC)c(OC)c1)c1cc2ccccc2[nH]1. The minimum atomic E-state index is 0.732. The van der Waals surface area contributed by atoms with Crippen LogP contribution in [0.4, 0.5) is 0 Å². The van der Waals surface area contributed by atoms with E-state index in [0.717, 1.165) is 33.8 Å². The van der Waals surface area contributed by atoms with Crippen molar-refractivity contribution >= 4 is 16.5 Å². The maximum Gasteiger partial charge on any atom is 0.161 e. The summed E-state index contributed by atoms with van der Waals surface area (Å²) in [6.45, 7) is 2.04. The van der Waals surface area contributed by atoms with Gasteiger partial charge in [0.1, 0.15) is 0 Å². The topological polar surface area (TPSA) is 34.2 Å². The maximum absolute atomic E-state index is 5.40. The Morgan fingerprint density at radius 2 is 1.73 bits per heavy atom. The second kappa shape index (κ2) is 5.98. The molecule has 0 amide bonds. The predicted octanol–water partition coefficient (Wildman–Crippen LogP) is 4.64. The van der Waals surface area contributed by atoms with Gasteiger partial charge in [-0.25, -0.2) is 0 Å². The zero-order valence-electron chi connectivity index (χ0n) is 13.0. The minimum Gasteiger partial charge on any atom is -0.493 e. The quantitative estimate of drug-likeness (QED) is 0.760. The van der Waals surface area contributed by atoms with Crippen LogP contribution >= 0.6 is 0 Å². The summed E-state index contributed by atoms with van der Waals surface area (Å²) in [4.78, 5) is 3.47. The minimum absolute atomic E-state index is 0.732. The summed E-state index contributed by atoms with van der Waals surface area (Å²) in [7, 11) is 3.30. The van der Waals surface area contributed by atoms with E-state index in [1.807, 2.05) is 37.3 Å². The largest absolute Gasteiger partial charge is 0.493 e. The van der Waals surface area contributed by atoms with Crippen molar-refractivity contribution in [2.24, 2.45) is 0 Å². The van der Waals surface area contributed by atoms with E-state index < -0.39 is 0 Å². The number of fused-ring (bicyclic) bond motifs is 1. The predicted molar refractivity (Wildman–Crippen MR) is 90.6 cm³/mol. The van der Waals surface area contributed by atoms with Crippen molar-refractivity contribution in [1.29, 1.82) is 0 Å². The first-order valence-corrected chi connectivity index (χ1v) is 7.23. The van der Waals surface area contributed by atoms with E-state index in [1.165, 1.54) is 5.39 Å². The number of nitrogens with one attached hydrogen (secondary N) is 1. The molecule has 3 rings (SSSR count). The van der Waals surface area contributed by atoms with E-state index >= 15 is 0 Å². The van der Waals surface area contributed by atoms with Crippen LogP contribution in [0.25, 0.3) is 16.5 Å². The summed E-state index contributed by atoms with van der Waals surface area (Å²) in [5.74, 6) is 1.47. The third-order valence-corrected chi connectivity index (χ3v) is 3.80. The lowest BCUT2D eigenvalue weighted by molar-refractivity contribution is 0.355. The van der Waals surface area contributed by atoms with Gasteiger partial charge in [0, 0.05) is 22.2 Å². The van der Waals surface area contributed by atoms with Gasteiger partial charge in [0.2, 0.25) is 0 Å². The molecule has 0 unspecified atom stereocenters. The van der Waals surface area contributed by atoms with E-state index in [1.54, 1.807) is 14.2 Å². The van der Waals surface area contributed by atoms with Gasteiger partial charge in [-0.2, -0.15) is 0 Å². The lowest BCUT2D eigenvalue weighted by Gasteiger charge is -2.11. The highest BCUT2D eigenvalue weighted by atomic mass is 16.5. The number of aromatic amines is 1. The molecule has 0 radical (unpaired) electrons. The number of H-pyrrole nitrogens is 1. The smallest absolute Gasteiger partial charge is 0.161 e. The highest BCUT2D eigenvalue weighted by molar-refractivity contribution is 5.88. The zero-order chi connectivity index (χ0) is 15.5. The molecule has 0 aliphatic heterocycles. The van der Waals surface area contributed by atoms with E-state index in [0.29, 0.717) is 0 Å². The number of hydrogen-bond donors (Lipinski definition) is 1. The Bertz CT molecular complexity index is 797. The van der Waals surface area contributed by atoms with Gasteiger partial charge < -0.3 is 14.5 Å². The number of rotatable bonds is 4. The number of methoxy groups -OCH3 is 2. The fourth-order valence-corrected chi connectivity index (χ4v) is 2.70. The summed E-state index contributed by atoms with van der Waals surface area (Å²) >= 11 is 0. The first-order valence-electron chi connectivity index (χ1n) is 7.23. The highest BCUT2D eigenvalue weighted by Gasteiger charge is 2.11. The van der Waals surface area contributed by atoms with E-state index in [2.05, 4.69) is 29.3 Å². The molecule has 0 atom stereocenters. The first-order chi connectivity index (χ1) is 10.8. The molecule has 3 heteroatoms. The van der Waals surface area contributed by atoms with Crippen molar-refractivity contribution in [3.8, 4) is 11.5 Å². The van der Waals surface area contributed by atoms with Crippen LogP contribution in [0.5, 0.6) is 11.5 Å². The van der Waals surface area contributed by atoms with Gasteiger partial charge in [-0.3, -0.25) is 0 Å². The molecule has 22 heavy (non-hydrogen) atoms. The van der Waals surface area contributed by atoms with Crippen molar-refractivity contribution in [2.45, 2.75) is 6.92 Å². The lowest BCUT2D eigenvalue weighted by Crippen LogP contribution is -1.93. The fourth-order valence-electron chi connectivity index (χ4n) is 2.70. The van der Waals surface area contributed by atoms with E-state index in [9.17, 15) is 0 Å². The number of benzene rings is 2. The van der Waals surface area contributed by atoms with Gasteiger partial charge in [0.15, 0.2) is 11.5 Å². The maximum atomic E-state index is 5.40. The molecule has 3 aromatic rings. The molecule has 3 nitrogen and oxygen atoms in total. The second-order valence-corrected chi connectivity index (χ2v) is 5.04. The van der Waals surface area contributed by atoms with Gasteiger partial charge in [-0.15, -0.1) is 0 Å². The highest BCUT2D eigenvalue weighted by Crippen LogP contribution is 2.33. The van der Waals surface area contributed by atoms with Crippen molar-refractivity contribution in [3.63, 3.8) is 0 Å². The molecule has 1 N–H and O–H groups in total.